The van der Waals surface area contributed by atoms with E-state index in [4.69, 9.17) is 4.74 Å². The molecule has 0 radical (unpaired) electrons. The van der Waals surface area contributed by atoms with Gasteiger partial charge in [-0.15, -0.1) is 0 Å². The minimum Gasteiger partial charge on any atom is -0.496 e. The van der Waals surface area contributed by atoms with Crippen LogP contribution in [0.2, 0.25) is 0 Å². The van der Waals surface area contributed by atoms with Crippen LogP contribution in [0.1, 0.15) is 39.7 Å². The standard InChI is InChI=1S/C16H23BrINO3/c1-6-11(19(15(20)21)16(2,3)4)7-10-8-13(18)12(17)9-14(10)22-5/h8-9,11H,6-7H2,1-5H3,(H,20,21). The molecule has 124 valence electrons. The number of hydrogen-bond donors (Lipinski definition) is 1. The van der Waals surface area contributed by atoms with Crippen molar-refractivity contribution in [2.24, 2.45) is 0 Å². The molecule has 6 heteroatoms. The first-order valence-electron chi connectivity index (χ1n) is 7.16. The Morgan fingerprint density at radius 3 is 2.45 bits per heavy atom. The Kier molecular flexibility index (Phi) is 6.98. The van der Waals surface area contributed by atoms with Crippen LogP contribution >= 0.6 is 38.5 Å². The van der Waals surface area contributed by atoms with Crippen molar-refractivity contribution in [3.05, 3.63) is 25.7 Å². The summed E-state index contributed by atoms with van der Waals surface area (Å²) in [7, 11) is 1.64. The molecule has 0 spiro atoms. The molecule has 1 atom stereocenters. The lowest BCUT2D eigenvalue weighted by Gasteiger charge is -2.39. The van der Waals surface area contributed by atoms with Crippen molar-refractivity contribution in [1.29, 1.82) is 0 Å². The van der Waals surface area contributed by atoms with Crippen LogP contribution in [0.3, 0.4) is 0 Å². The summed E-state index contributed by atoms with van der Waals surface area (Å²) in [5.74, 6) is 0.782. The fraction of sp³-hybridized carbons (Fsp3) is 0.562. The van der Waals surface area contributed by atoms with Gasteiger partial charge in [-0.25, -0.2) is 4.79 Å². The normalized spacial score (nSPS) is 12.9. The van der Waals surface area contributed by atoms with Crippen LogP contribution in [0.4, 0.5) is 4.79 Å². The van der Waals surface area contributed by atoms with Gasteiger partial charge in [0.2, 0.25) is 0 Å². The van der Waals surface area contributed by atoms with E-state index < -0.39 is 11.6 Å². The minimum absolute atomic E-state index is 0.0941. The Bertz CT molecular complexity index is 543. The summed E-state index contributed by atoms with van der Waals surface area (Å²) < 4.78 is 7.52. The molecule has 0 heterocycles. The molecule has 0 fully saturated rings. The molecule has 0 aliphatic carbocycles. The van der Waals surface area contributed by atoms with Gasteiger partial charge in [0.05, 0.1) is 7.11 Å². The van der Waals surface area contributed by atoms with E-state index in [0.29, 0.717) is 6.42 Å². The summed E-state index contributed by atoms with van der Waals surface area (Å²) in [6.45, 7) is 7.79. The largest absolute Gasteiger partial charge is 0.496 e. The average Bonchev–Trinajstić information content (AvgIpc) is 2.39. The molecule has 1 rings (SSSR count). The van der Waals surface area contributed by atoms with Gasteiger partial charge in [0.25, 0.3) is 0 Å². The highest BCUT2D eigenvalue weighted by Crippen LogP contribution is 2.31. The van der Waals surface area contributed by atoms with Gasteiger partial charge in [-0.3, -0.25) is 0 Å². The molecular weight excluding hydrogens is 461 g/mol. The van der Waals surface area contributed by atoms with Crippen LogP contribution < -0.4 is 4.74 Å². The Morgan fingerprint density at radius 2 is 2.05 bits per heavy atom. The summed E-state index contributed by atoms with van der Waals surface area (Å²) in [5, 5.41) is 9.60. The fourth-order valence-corrected chi connectivity index (χ4v) is 3.44. The van der Waals surface area contributed by atoms with Gasteiger partial charge in [-0.2, -0.15) is 0 Å². The molecule has 0 saturated heterocycles. The van der Waals surface area contributed by atoms with Crippen LogP contribution in [0.25, 0.3) is 0 Å². The fourth-order valence-electron chi connectivity index (χ4n) is 2.58. The average molecular weight is 484 g/mol. The number of rotatable bonds is 5. The number of methoxy groups -OCH3 is 1. The third-order valence-electron chi connectivity index (χ3n) is 3.54. The van der Waals surface area contributed by atoms with E-state index >= 15 is 0 Å². The molecule has 1 N–H and O–H groups in total. The molecule has 1 aromatic rings. The SMILES string of the molecule is CCC(Cc1cc(I)c(Br)cc1OC)N(C(=O)O)C(C)(C)C. The molecule has 0 saturated carbocycles. The highest BCUT2D eigenvalue weighted by atomic mass is 127. The highest BCUT2D eigenvalue weighted by molar-refractivity contribution is 14.1. The summed E-state index contributed by atoms with van der Waals surface area (Å²) >= 11 is 5.75. The summed E-state index contributed by atoms with van der Waals surface area (Å²) in [4.78, 5) is 13.2. The first-order valence-corrected chi connectivity index (χ1v) is 9.03. The number of amides is 1. The van der Waals surface area contributed by atoms with Crippen LogP contribution in [0.15, 0.2) is 16.6 Å². The zero-order valence-corrected chi connectivity index (χ0v) is 17.4. The molecule has 4 nitrogen and oxygen atoms in total. The lowest BCUT2D eigenvalue weighted by Crippen LogP contribution is -2.51. The van der Waals surface area contributed by atoms with Crippen molar-refractivity contribution in [2.75, 3.05) is 7.11 Å². The number of hydrogen-bond acceptors (Lipinski definition) is 2. The monoisotopic (exact) mass is 483 g/mol. The molecule has 0 aliphatic heterocycles. The van der Waals surface area contributed by atoms with Gasteiger partial charge in [-0.05, 0) is 89.8 Å². The first kappa shape index (κ1) is 19.5. The maximum absolute atomic E-state index is 11.7. The van der Waals surface area contributed by atoms with E-state index in [2.05, 4.69) is 44.6 Å². The quantitative estimate of drug-likeness (QED) is 0.588. The lowest BCUT2D eigenvalue weighted by molar-refractivity contribution is 0.0684. The second-order valence-corrected chi connectivity index (χ2v) is 8.18. The van der Waals surface area contributed by atoms with Crippen molar-refractivity contribution < 1.29 is 14.6 Å². The number of nitrogens with zero attached hydrogens (tertiary/aromatic N) is 1. The maximum Gasteiger partial charge on any atom is 0.407 e. The van der Waals surface area contributed by atoms with Gasteiger partial charge in [0.15, 0.2) is 0 Å². The van der Waals surface area contributed by atoms with Crippen molar-refractivity contribution in [1.82, 2.24) is 4.90 Å². The maximum atomic E-state index is 11.7. The topological polar surface area (TPSA) is 49.8 Å². The Labute approximate surface area is 154 Å². The zero-order valence-electron chi connectivity index (χ0n) is 13.6. The second kappa shape index (κ2) is 7.86. The predicted molar refractivity (Wildman–Crippen MR) is 101 cm³/mol. The highest BCUT2D eigenvalue weighted by Gasteiger charge is 2.32. The van der Waals surface area contributed by atoms with E-state index in [1.165, 1.54) is 0 Å². The van der Waals surface area contributed by atoms with Gasteiger partial charge in [0.1, 0.15) is 5.75 Å². The van der Waals surface area contributed by atoms with Gasteiger partial charge in [0, 0.05) is 19.6 Å². The molecule has 0 aromatic heterocycles. The van der Waals surface area contributed by atoms with E-state index in [1.807, 2.05) is 33.8 Å². The lowest BCUT2D eigenvalue weighted by atomic mass is 9.96. The molecule has 0 bridgehead atoms. The molecule has 22 heavy (non-hydrogen) atoms. The van der Waals surface area contributed by atoms with Crippen molar-refractivity contribution >= 4 is 44.6 Å². The van der Waals surface area contributed by atoms with Crippen molar-refractivity contribution in [3.8, 4) is 5.75 Å². The van der Waals surface area contributed by atoms with Gasteiger partial charge in [-0.1, -0.05) is 6.92 Å². The molecule has 1 amide bonds. The van der Waals surface area contributed by atoms with E-state index in [0.717, 1.165) is 25.8 Å². The number of halogens is 2. The Balaban J connectivity index is 3.18. The molecule has 0 aliphatic rings. The van der Waals surface area contributed by atoms with Crippen LogP contribution in [-0.4, -0.2) is 34.8 Å². The summed E-state index contributed by atoms with van der Waals surface area (Å²) in [6.07, 6.45) is 0.497. The van der Waals surface area contributed by atoms with Crippen LogP contribution in [0.5, 0.6) is 5.75 Å². The number of ether oxygens (including phenoxy) is 1. The number of carbonyl (C=O) groups is 1. The Morgan fingerprint density at radius 1 is 1.45 bits per heavy atom. The molecule has 1 unspecified atom stereocenters. The third-order valence-corrected chi connectivity index (χ3v) is 5.83. The van der Waals surface area contributed by atoms with Gasteiger partial charge >= 0.3 is 6.09 Å². The van der Waals surface area contributed by atoms with Crippen LogP contribution in [-0.2, 0) is 6.42 Å². The number of carboxylic acid groups (broad SMARTS) is 1. The predicted octanol–water partition coefficient (Wildman–Crippen LogP) is 5.16. The zero-order chi connectivity index (χ0) is 17.1. The Hall–Kier alpha value is -0.500. The summed E-state index contributed by atoms with van der Waals surface area (Å²) in [5.41, 5.74) is 0.583. The van der Waals surface area contributed by atoms with E-state index in [9.17, 15) is 9.90 Å². The smallest absolute Gasteiger partial charge is 0.407 e. The van der Waals surface area contributed by atoms with E-state index in [-0.39, 0.29) is 6.04 Å². The third kappa shape index (κ3) is 4.75. The molecular formula is C16H23BrINO3. The first-order chi connectivity index (χ1) is 10.1. The van der Waals surface area contributed by atoms with Crippen molar-refractivity contribution in [2.45, 2.75) is 52.1 Å². The second-order valence-electron chi connectivity index (χ2n) is 6.17. The summed E-state index contributed by atoms with van der Waals surface area (Å²) in [6, 6.07) is 3.89. The number of benzene rings is 1. The van der Waals surface area contributed by atoms with Gasteiger partial charge < -0.3 is 14.7 Å². The van der Waals surface area contributed by atoms with E-state index in [1.54, 1.807) is 12.0 Å². The minimum atomic E-state index is -0.884. The van der Waals surface area contributed by atoms with Crippen molar-refractivity contribution in [3.63, 3.8) is 0 Å². The van der Waals surface area contributed by atoms with Crippen LogP contribution in [0, 0.1) is 3.57 Å². The molecule has 1 aromatic carbocycles.